The van der Waals surface area contributed by atoms with Gasteiger partial charge in [0.05, 0.1) is 46.2 Å². The number of benzene rings is 2. The lowest BCUT2D eigenvalue weighted by Gasteiger charge is -2.38. The lowest BCUT2D eigenvalue weighted by molar-refractivity contribution is 0.107. The minimum atomic E-state index is 0.290. The average Bonchev–Trinajstić information content (AvgIpc) is 3.17. The predicted octanol–water partition coefficient (Wildman–Crippen LogP) is 5.19. The van der Waals surface area contributed by atoms with E-state index >= 15 is 0 Å². The molecule has 0 spiro atoms. The van der Waals surface area contributed by atoms with Crippen LogP contribution in [-0.4, -0.2) is 59.2 Å². The van der Waals surface area contributed by atoms with Gasteiger partial charge in [0.2, 0.25) is 0 Å². The molecule has 198 valence electrons. The standard InChI is InChI=1S/C31H40N2O4/c1-25-7-9-27(10-8-25)22-35-19-4-20-37-31-15-12-28(13-16-31)33-18-17-32-21-29(33)24-36-23-26-5-3-6-30(34-2)14-11-26/h3,6-16,29,32H,4-5,17-24H2,1-2H3/t29-/m1/s1. The molecular weight excluding hydrogens is 464 g/mol. The van der Waals surface area contributed by atoms with Crippen LogP contribution in [0.3, 0.4) is 0 Å². The topological polar surface area (TPSA) is 52.2 Å². The fourth-order valence-corrected chi connectivity index (χ4v) is 4.43. The summed E-state index contributed by atoms with van der Waals surface area (Å²) >= 11 is 0. The monoisotopic (exact) mass is 504 g/mol. The molecule has 1 heterocycles. The molecule has 1 aliphatic heterocycles. The summed E-state index contributed by atoms with van der Waals surface area (Å²) in [5.74, 6) is 1.76. The third-order valence-electron chi connectivity index (χ3n) is 6.59. The van der Waals surface area contributed by atoms with Gasteiger partial charge in [0.25, 0.3) is 0 Å². The number of hydrogen-bond donors (Lipinski definition) is 1. The Balaban J connectivity index is 1.18. The van der Waals surface area contributed by atoms with Crippen LogP contribution in [0, 0.1) is 6.92 Å². The van der Waals surface area contributed by atoms with Crippen LogP contribution in [0.2, 0.25) is 0 Å². The summed E-state index contributed by atoms with van der Waals surface area (Å²) < 4.78 is 23.2. The Hall–Kier alpha value is -3.06. The molecule has 6 heteroatoms. The molecule has 0 aromatic heterocycles. The largest absolute Gasteiger partial charge is 0.497 e. The van der Waals surface area contributed by atoms with Crippen molar-refractivity contribution in [2.75, 3.05) is 58.1 Å². The van der Waals surface area contributed by atoms with E-state index in [-0.39, 0.29) is 6.04 Å². The van der Waals surface area contributed by atoms with Crippen LogP contribution in [0.4, 0.5) is 5.69 Å². The molecule has 2 aromatic carbocycles. The number of methoxy groups -OCH3 is 1. The lowest BCUT2D eigenvalue weighted by atomic mass is 10.1. The molecule has 0 unspecified atom stereocenters. The molecule has 0 amide bonds. The van der Waals surface area contributed by atoms with Crippen LogP contribution < -0.4 is 15.0 Å². The number of piperazine rings is 1. The van der Waals surface area contributed by atoms with E-state index in [1.165, 1.54) is 22.4 Å². The van der Waals surface area contributed by atoms with Crippen molar-refractivity contribution in [2.45, 2.75) is 32.4 Å². The average molecular weight is 505 g/mol. The number of hydrogen-bond acceptors (Lipinski definition) is 6. The van der Waals surface area contributed by atoms with Gasteiger partial charge in [0, 0.05) is 31.7 Å². The van der Waals surface area contributed by atoms with Gasteiger partial charge < -0.3 is 29.2 Å². The smallest absolute Gasteiger partial charge is 0.119 e. The van der Waals surface area contributed by atoms with Crippen molar-refractivity contribution in [1.29, 1.82) is 0 Å². The Morgan fingerprint density at radius 2 is 1.78 bits per heavy atom. The summed E-state index contributed by atoms with van der Waals surface area (Å²) in [4.78, 5) is 2.43. The summed E-state index contributed by atoms with van der Waals surface area (Å²) in [6.45, 7) is 8.21. The van der Waals surface area contributed by atoms with Crippen LogP contribution in [-0.2, 0) is 20.8 Å². The number of rotatable bonds is 13. The fraction of sp³-hybridized carbons (Fsp3) is 0.419. The SMILES string of the molecule is COC1=CC=C(COC[C@H]2CNCCN2c2ccc(OCCCOCc3ccc(C)cc3)cc2)CC=C1. The zero-order valence-corrected chi connectivity index (χ0v) is 22.2. The van der Waals surface area contributed by atoms with E-state index in [2.05, 4.69) is 77.8 Å². The first-order valence-corrected chi connectivity index (χ1v) is 13.2. The summed E-state index contributed by atoms with van der Waals surface area (Å²) in [7, 11) is 1.69. The molecule has 1 aliphatic carbocycles. The second-order valence-corrected chi connectivity index (χ2v) is 9.51. The summed E-state index contributed by atoms with van der Waals surface area (Å²) in [6, 6.07) is 17.2. The first-order valence-electron chi connectivity index (χ1n) is 13.2. The third kappa shape index (κ3) is 8.78. The Labute approximate surface area is 221 Å². The van der Waals surface area contributed by atoms with Gasteiger partial charge in [-0.15, -0.1) is 0 Å². The minimum absolute atomic E-state index is 0.290. The third-order valence-corrected chi connectivity index (χ3v) is 6.59. The zero-order valence-electron chi connectivity index (χ0n) is 22.2. The molecule has 2 aliphatic rings. The Kier molecular flexibility index (Phi) is 10.7. The predicted molar refractivity (Wildman–Crippen MR) is 149 cm³/mol. The number of nitrogens with zero attached hydrogens (tertiary/aromatic N) is 1. The van der Waals surface area contributed by atoms with E-state index in [4.69, 9.17) is 18.9 Å². The van der Waals surface area contributed by atoms with Crippen LogP contribution in [0.15, 0.2) is 84.2 Å². The normalized spacial score (nSPS) is 17.7. The minimum Gasteiger partial charge on any atom is -0.497 e. The fourth-order valence-electron chi connectivity index (χ4n) is 4.43. The number of allylic oxidation sites excluding steroid dienone is 4. The molecular formula is C31H40N2O4. The van der Waals surface area contributed by atoms with E-state index in [0.29, 0.717) is 33.0 Å². The van der Waals surface area contributed by atoms with Gasteiger partial charge in [-0.05, 0) is 60.9 Å². The summed E-state index contributed by atoms with van der Waals surface area (Å²) in [6.07, 6.45) is 9.97. The first kappa shape index (κ1) is 27.0. The second kappa shape index (κ2) is 14.6. The second-order valence-electron chi connectivity index (χ2n) is 9.51. The molecule has 0 radical (unpaired) electrons. The number of anilines is 1. The van der Waals surface area contributed by atoms with E-state index in [9.17, 15) is 0 Å². The summed E-state index contributed by atoms with van der Waals surface area (Å²) in [5.41, 5.74) is 4.92. The number of aryl methyl sites for hydroxylation is 1. The van der Waals surface area contributed by atoms with Gasteiger partial charge >= 0.3 is 0 Å². The van der Waals surface area contributed by atoms with E-state index < -0.39 is 0 Å². The number of ether oxygens (including phenoxy) is 4. The maximum atomic E-state index is 6.14. The first-order chi connectivity index (χ1) is 18.2. The van der Waals surface area contributed by atoms with E-state index in [1.807, 2.05) is 12.2 Å². The zero-order chi connectivity index (χ0) is 25.7. The van der Waals surface area contributed by atoms with Crippen LogP contribution in [0.5, 0.6) is 5.75 Å². The van der Waals surface area contributed by atoms with Crippen LogP contribution >= 0.6 is 0 Å². The van der Waals surface area contributed by atoms with Crippen molar-refractivity contribution in [3.63, 3.8) is 0 Å². The molecule has 37 heavy (non-hydrogen) atoms. The number of nitrogens with one attached hydrogen (secondary N) is 1. The van der Waals surface area contributed by atoms with Crippen molar-refractivity contribution >= 4 is 5.69 Å². The highest BCUT2D eigenvalue weighted by molar-refractivity contribution is 5.50. The molecule has 2 aromatic rings. The van der Waals surface area contributed by atoms with Crippen molar-refractivity contribution in [1.82, 2.24) is 5.32 Å². The maximum absolute atomic E-state index is 6.14. The van der Waals surface area contributed by atoms with Gasteiger partial charge in [0.15, 0.2) is 0 Å². The highest BCUT2D eigenvalue weighted by Gasteiger charge is 2.22. The lowest BCUT2D eigenvalue weighted by Crippen LogP contribution is -2.53. The Morgan fingerprint density at radius 3 is 2.59 bits per heavy atom. The molecule has 1 atom stereocenters. The molecule has 4 rings (SSSR count). The van der Waals surface area contributed by atoms with Gasteiger partial charge in [0.1, 0.15) is 11.5 Å². The molecule has 0 bridgehead atoms. The van der Waals surface area contributed by atoms with Crippen molar-refractivity contribution < 1.29 is 18.9 Å². The maximum Gasteiger partial charge on any atom is 0.119 e. The van der Waals surface area contributed by atoms with Crippen LogP contribution in [0.25, 0.3) is 0 Å². The Morgan fingerprint density at radius 1 is 0.946 bits per heavy atom. The highest BCUT2D eigenvalue weighted by atomic mass is 16.5. The van der Waals surface area contributed by atoms with Gasteiger partial charge in [-0.2, -0.15) is 0 Å². The van der Waals surface area contributed by atoms with Gasteiger partial charge in [-0.1, -0.05) is 42.0 Å². The highest BCUT2D eigenvalue weighted by Crippen LogP contribution is 2.23. The summed E-state index contributed by atoms with van der Waals surface area (Å²) in [5, 5.41) is 3.51. The van der Waals surface area contributed by atoms with Gasteiger partial charge in [-0.25, -0.2) is 0 Å². The van der Waals surface area contributed by atoms with Crippen LogP contribution in [0.1, 0.15) is 24.0 Å². The molecule has 6 nitrogen and oxygen atoms in total. The molecule has 0 saturated carbocycles. The van der Waals surface area contributed by atoms with E-state index in [0.717, 1.165) is 44.0 Å². The molecule has 1 N–H and O–H groups in total. The van der Waals surface area contributed by atoms with Crippen molar-refractivity contribution in [2.24, 2.45) is 0 Å². The van der Waals surface area contributed by atoms with Gasteiger partial charge in [-0.3, -0.25) is 0 Å². The Bertz CT molecular complexity index is 1040. The van der Waals surface area contributed by atoms with Crippen molar-refractivity contribution in [3.05, 3.63) is 95.3 Å². The van der Waals surface area contributed by atoms with Crippen molar-refractivity contribution in [3.8, 4) is 5.75 Å². The quantitative estimate of drug-likeness (QED) is 0.379. The molecule has 1 saturated heterocycles. The molecule has 1 fully saturated rings. The van der Waals surface area contributed by atoms with E-state index in [1.54, 1.807) is 7.11 Å².